The highest BCUT2D eigenvalue weighted by Crippen LogP contribution is 2.21. The number of aromatic nitrogens is 4. The lowest BCUT2D eigenvalue weighted by atomic mass is 10.2. The number of anilines is 2. The Bertz CT molecular complexity index is 825. The van der Waals surface area contributed by atoms with E-state index in [4.69, 9.17) is 0 Å². The Balaban J connectivity index is 1.75. The molecule has 2 N–H and O–H groups in total. The number of nitrogens with zero attached hydrogens (tertiary/aromatic N) is 4. The van der Waals surface area contributed by atoms with Gasteiger partial charge in [0.25, 0.3) is 5.56 Å². The summed E-state index contributed by atoms with van der Waals surface area (Å²) in [6.45, 7) is 7.47. The Hall–Kier alpha value is -2.64. The van der Waals surface area contributed by atoms with E-state index in [2.05, 4.69) is 20.5 Å². The van der Waals surface area contributed by atoms with Gasteiger partial charge in [0.2, 0.25) is 0 Å². The SMILES string of the molecule is CCn1c(=O)cc(N2CC[C@H](Nc3cc(C)nnc3C)C2)[nH]c1=O. The van der Waals surface area contributed by atoms with E-state index < -0.39 is 0 Å². The minimum absolute atomic E-state index is 0.226. The first-order valence-corrected chi connectivity index (χ1v) is 8.14. The number of aryl methyl sites for hydroxylation is 2. The molecule has 24 heavy (non-hydrogen) atoms. The standard InChI is InChI=1S/C16H22N6O2/c1-4-22-15(23)8-14(18-16(22)24)21-6-5-12(9-21)17-13-7-10(2)19-20-11(13)3/h7-8,12H,4-6,9H2,1-3H3,(H,17,19)(H,18,24)/t12-/m0/s1. The summed E-state index contributed by atoms with van der Waals surface area (Å²) < 4.78 is 1.18. The van der Waals surface area contributed by atoms with E-state index in [1.165, 1.54) is 10.6 Å². The van der Waals surface area contributed by atoms with Crippen molar-refractivity contribution in [3.63, 3.8) is 0 Å². The van der Waals surface area contributed by atoms with Crippen LogP contribution < -0.4 is 21.5 Å². The van der Waals surface area contributed by atoms with Crippen LogP contribution in [0.15, 0.2) is 21.7 Å². The number of H-pyrrole nitrogens is 1. The summed E-state index contributed by atoms with van der Waals surface area (Å²) >= 11 is 0. The lowest BCUT2D eigenvalue weighted by molar-refractivity contribution is 0.669. The first-order chi connectivity index (χ1) is 11.5. The Morgan fingerprint density at radius 2 is 2.08 bits per heavy atom. The molecule has 0 aromatic carbocycles. The van der Waals surface area contributed by atoms with Gasteiger partial charge < -0.3 is 10.2 Å². The molecule has 1 aliphatic heterocycles. The minimum Gasteiger partial charge on any atom is -0.379 e. The van der Waals surface area contributed by atoms with Crippen molar-refractivity contribution in [2.75, 3.05) is 23.3 Å². The van der Waals surface area contributed by atoms with E-state index in [0.717, 1.165) is 30.0 Å². The van der Waals surface area contributed by atoms with Crippen LogP contribution in [0.5, 0.6) is 0 Å². The number of hydrogen-bond donors (Lipinski definition) is 2. The van der Waals surface area contributed by atoms with Gasteiger partial charge in [0.15, 0.2) is 0 Å². The monoisotopic (exact) mass is 330 g/mol. The molecule has 0 saturated carbocycles. The quantitative estimate of drug-likeness (QED) is 0.855. The second-order valence-electron chi connectivity index (χ2n) is 6.10. The van der Waals surface area contributed by atoms with Crippen molar-refractivity contribution in [2.24, 2.45) is 0 Å². The van der Waals surface area contributed by atoms with Gasteiger partial charge in [-0.05, 0) is 33.3 Å². The topological polar surface area (TPSA) is 95.9 Å². The molecule has 0 bridgehead atoms. The number of hydrogen-bond acceptors (Lipinski definition) is 6. The number of rotatable bonds is 4. The second kappa shape index (κ2) is 6.46. The maximum absolute atomic E-state index is 12.0. The molecule has 0 radical (unpaired) electrons. The van der Waals surface area contributed by atoms with Gasteiger partial charge in [-0.1, -0.05) is 0 Å². The number of nitrogens with one attached hydrogen (secondary N) is 2. The fourth-order valence-electron chi connectivity index (χ4n) is 2.99. The van der Waals surface area contributed by atoms with Crippen LogP contribution in [-0.4, -0.2) is 38.9 Å². The minimum atomic E-state index is -0.360. The molecule has 0 spiro atoms. The van der Waals surface area contributed by atoms with Crippen LogP contribution >= 0.6 is 0 Å². The van der Waals surface area contributed by atoms with Crippen molar-refractivity contribution < 1.29 is 0 Å². The average Bonchev–Trinajstić information content (AvgIpc) is 2.99. The molecule has 8 heteroatoms. The van der Waals surface area contributed by atoms with Crippen LogP contribution in [0.25, 0.3) is 0 Å². The first kappa shape index (κ1) is 16.2. The highest BCUT2D eigenvalue weighted by molar-refractivity contribution is 5.50. The summed E-state index contributed by atoms with van der Waals surface area (Å²) in [5.74, 6) is 0.583. The molecule has 1 fully saturated rings. The molecular weight excluding hydrogens is 308 g/mol. The molecule has 0 aliphatic carbocycles. The van der Waals surface area contributed by atoms with Gasteiger partial charge in [0, 0.05) is 31.7 Å². The van der Waals surface area contributed by atoms with E-state index in [0.29, 0.717) is 18.9 Å². The fourth-order valence-corrected chi connectivity index (χ4v) is 2.99. The van der Waals surface area contributed by atoms with E-state index >= 15 is 0 Å². The van der Waals surface area contributed by atoms with E-state index in [9.17, 15) is 9.59 Å². The van der Waals surface area contributed by atoms with Crippen LogP contribution in [0.3, 0.4) is 0 Å². The largest absolute Gasteiger partial charge is 0.379 e. The third-order valence-corrected chi connectivity index (χ3v) is 4.31. The Morgan fingerprint density at radius 3 is 2.79 bits per heavy atom. The molecule has 2 aromatic heterocycles. The van der Waals surface area contributed by atoms with Crippen molar-refractivity contribution >= 4 is 11.5 Å². The van der Waals surface area contributed by atoms with Gasteiger partial charge >= 0.3 is 5.69 Å². The summed E-state index contributed by atoms with van der Waals surface area (Å²) in [6, 6.07) is 3.70. The van der Waals surface area contributed by atoms with Gasteiger partial charge in [-0.2, -0.15) is 10.2 Å². The maximum Gasteiger partial charge on any atom is 0.329 e. The van der Waals surface area contributed by atoms with Crippen molar-refractivity contribution in [1.29, 1.82) is 0 Å². The van der Waals surface area contributed by atoms with Crippen LogP contribution in [0.2, 0.25) is 0 Å². The lowest BCUT2D eigenvalue weighted by Crippen LogP contribution is -2.37. The van der Waals surface area contributed by atoms with Gasteiger partial charge in [-0.15, -0.1) is 0 Å². The normalized spacial score (nSPS) is 17.3. The number of aromatic amines is 1. The third kappa shape index (κ3) is 3.17. The first-order valence-electron chi connectivity index (χ1n) is 8.14. The van der Waals surface area contributed by atoms with E-state index in [-0.39, 0.29) is 17.3 Å². The third-order valence-electron chi connectivity index (χ3n) is 4.31. The second-order valence-corrected chi connectivity index (χ2v) is 6.10. The lowest BCUT2D eigenvalue weighted by Gasteiger charge is -2.19. The van der Waals surface area contributed by atoms with Crippen molar-refractivity contribution in [3.8, 4) is 0 Å². The predicted molar refractivity (Wildman–Crippen MR) is 92.7 cm³/mol. The fraction of sp³-hybridized carbons (Fsp3) is 0.500. The molecule has 2 aromatic rings. The van der Waals surface area contributed by atoms with Gasteiger partial charge in [0.05, 0.1) is 17.1 Å². The van der Waals surface area contributed by atoms with Gasteiger partial charge in [-0.25, -0.2) is 4.79 Å². The molecule has 0 unspecified atom stereocenters. The van der Waals surface area contributed by atoms with E-state index in [1.807, 2.05) is 24.8 Å². The summed E-state index contributed by atoms with van der Waals surface area (Å²) in [7, 11) is 0. The van der Waals surface area contributed by atoms with E-state index in [1.54, 1.807) is 6.92 Å². The van der Waals surface area contributed by atoms with Gasteiger partial charge in [0.1, 0.15) is 5.82 Å². The highest BCUT2D eigenvalue weighted by Gasteiger charge is 2.24. The molecule has 0 amide bonds. The molecule has 1 aliphatic rings. The molecule has 3 rings (SSSR count). The molecule has 1 saturated heterocycles. The molecule has 1 atom stereocenters. The van der Waals surface area contributed by atoms with Crippen molar-refractivity contribution in [3.05, 3.63) is 44.4 Å². The average molecular weight is 330 g/mol. The van der Waals surface area contributed by atoms with Crippen molar-refractivity contribution in [2.45, 2.75) is 39.8 Å². The Morgan fingerprint density at radius 1 is 1.29 bits per heavy atom. The molecule has 8 nitrogen and oxygen atoms in total. The van der Waals surface area contributed by atoms with Crippen LogP contribution in [0.4, 0.5) is 11.5 Å². The van der Waals surface area contributed by atoms with Crippen LogP contribution in [-0.2, 0) is 6.54 Å². The molecular formula is C16H22N6O2. The van der Waals surface area contributed by atoms with Crippen LogP contribution in [0.1, 0.15) is 24.7 Å². The maximum atomic E-state index is 12.0. The van der Waals surface area contributed by atoms with Gasteiger partial charge in [-0.3, -0.25) is 14.3 Å². The zero-order valence-corrected chi connectivity index (χ0v) is 14.2. The van der Waals surface area contributed by atoms with Crippen LogP contribution in [0, 0.1) is 13.8 Å². The predicted octanol–water partition coefficient (Wildman–Crippen LogP) is 0.654. The summed E-state index contributed by atoms with van der Waals surface area (Å²) in [4.78, 5) is 28.8. The molecule has 128 valence electrons. The summed E-state index contributed by atoms with van der Waals surface area (Å²) in [6.07, 6.45) is 0.916. The Labute approximate surface area is 139 Å². The summed E-state index contributed by atoms with van der Waals surface area (Å²) in [5.41, 5.74) is 2.08. The highest BCUT2D eigenvalue weighted by atomic mass is 16.2. The smallest absolute Gasteiger partial charge is 0.329 e. The molecule has 3 heterocycles. The Kier molecular flexibility index (Phi) is 4.37. The van der Waals surface area contributed by atoms with Crippen molar-refractivity contribution in [1.82, 2.24) is 19.7 Å². The zero-order valence-electron chi connectivity index (χ0n) is 14.2. The zero-order chi connectivity index (χ0) is 17.3. The summed E-state index contributed by atoms with van der Waals surface area (Å²) in [5, 5.41) is 11.6.